The topological polar surface area (TPSA) is 3.24 Å². The van der Waals surface area contributed by atoms with Gasteiger partial charge in [-0.25, -0.2) is 0 Å². The highest BCUT2D eigenvalue weighted by Gasteiger charge is 2.22. The summed E-state index contributed by atoms with van der Waals surface area (Å²) in [7, 11) is 0. The van der Waals surface area contributed by atoms with E-state index in [0.717, 1.165) is 41.9 Å². The van der Waals surface area contributed by atoms with Gasteiger partial charge in [0.1, 0.15) is 0 Å². The molecule has 1 nitrogen and oxygen atoms in total. The predicted octanol–water partition coefficient (Wildman–Crippen LogP) is 10.7. The molecule has 0 radical (unpaired) electrons. The molecule has 1 aliphatic rings. The number of fused-ring (bicyclic) bond motifs is 2. The van der Waals surface area contributed by atoms with Crippen LogP contribution in [0.25, 0.3) is 0 Å². The van der Waals surface area contributed by atoms with Crippen LogP contribution in [0.1, 0.15) is 74.9 Å². The third-order valence-electron chi connectivity index (χ3n) is 7.76. The van der Waals surface area contributed by atoms with Gasteiger partial charge in [0.2, 0.25) is 0 Å². The maximum Gasteiger partial charge on any atom is 0.0630 e. The van der Waals surface area contributed by atoms with E-state index in [1.807, 2.05) is 6.07 Å². The van der Waals surface area contributed by atoms with Crippen LogP contribution >= 0.6 is 23.2 Å². The number of aryl methyl sites for hydroxylation is 2. The van der Waals surface area contributed by atoms with Crippen LogP contribution in [0.15, 0.2) is 78.9 Å². The molecule has 3 heteroatoms. The predicted molar refractivity (Wildman–Crippen MR) is 165 cm³/mol. The van der Waals surface area contributed by atoms with E-state index < -0.39 is 0 Å². The first-order valence-corrected chi connectivity index (χ1v) is 14.3. The fourth-order valence-corrected chi connectivity index (χ4v) is 5.77. The van der Waals surface area contributed by atoms with Crippen LogP contribution in [0.2, 0.25) is 10.0 Å². The van der Waals surface area contributed by atoms with E-state index in [1.165, 1.54) is 27.8 Å². The van der Waals surface area contributed by atoms with Crippen molar-refractivity contribution in [3.05, 3.63) is 122 Å². The molecule has 4 aromatic carbocycles. The Morgan fingerprint density at radius 1 is 0.553 bits per heavy atom. The van der Waals surface area contributed by atoms with E-state index in [1.54, 1.807) is 0 Å². The van der Waals surface area contributed by atoms with Gasteiger partial charge in [0.15, 0.2) is 0 Å². The lowest BCUT2D eigenvalue weighted by Crippen LogP contribution is -2.14. The fraction of sp³-hybridized carbons (Fsp3) is 0.314. The van der Waals surface area contributed by atoms with Crippen molar-refractivity contribution >= 4 is 40.3 Å². The lowest BCUT2D eigenvalue weighted by Gasteiger charge is -2.28. The molecule has 1 aliphatic carbocycles. The van der Waals surface area contributed by atoms with Gasteiger partial charge in [0.05, 0.1) is 10.0 Å². The maximum atomic E-state index is 6.71. The average Bonchev–Trinajstić information content (AvgIpc) is 3.06. The first-order valence-electron chi connectivity index (χ1n) is 13.5. The average molecular weight is 543 g/mol. The number of hydrogen-bond donors (Lipinski definition) is 0. The molecule has 0 heterocycles. The highest BCUT2D eigenvalue weighted by molar-refractivity contribution is 6.42. The van der Waals surface area contributed by atoms with Gasteiger partial charge in [-0.15, -0.1) is 0 Å². The summed E-state index contributed by atoms with van der Waals surface area (Å²) in [4.78, 5) is 2.37. The first kappa shape index (κ1) is 26.9. The highest BCUT2D eigenvalue weighted by atomic mass is 35.5. The van der Waals surface area contributed by atoms with Gasteiger partial charge in [-0.1, -0.05) is 101 Å². The van der Waals surface area contributed by atoms with Gasteiger partial charge in [0.25, 0.3) is 0 Å². The lowest BCUT2D eigenvalue weighted by molar-refractivity contribution is 0.590. The fourth-order valence-electron chi connectivity index (χ4n) is 5.35. The van der Waals surface area contributed by atoms with Crippen LogP contribution < -0.4 is 4.90 Å². The molecule has 5 rings (SSSR count). The molecule has 0 saturated carbocycles. The summed E-state index contributed by atoms with van der Waals surface area (Å²) >= 11 is 13.1. The van der Waals surface area contributed by atoms with Crippen LogP contribution in [0.4, 0.5) is 17.1 Å². The Bertz CT molecular complexity index is 1400. The van der Waals surface area contributed by atoms with E-state index in [2.05, 4.69) is 119 Å². The third kappa shape index (κ3) is 5.37. The molecular formula is C35H37Cl2N. The molecular weight excluding hydrogens is 505 g/mol. The van der Waals surface area contributed by atoms with E-state index in [9.17, 15) is 0 Å². The van der Waals surface area contributed by atoms with Crippen molar-refractivity contribution in [2.45, 2.75) is 71.6 Å². The van der Waals surface area contributed by atoms with Crippen LogP contribution in [0, 0.1) is 0 Å². The summed E-state index contributed by atoms with van der Waals surface area (Å²) < 4.78 is 0. The zero-order chi connectivity index (χ0) is 27.2. The minimum absolute atomic E-state index is 0.107. The Balaban J connectivity index is 1.61. The first-order chi connectivity index (χ1) is 17.9. The summed E-state index contributed by atoms with van der Waals surface area (Å²) in [6.45, 7) is 13.5. The summed E-state index contributed by atoms with van der Waals surface area (Å²) in [6, 6.07) is 29.0. The number of anilines is 3. The van der Waals surface area contributed by atoms with Gasteiger partial charge in [0, 0.05) is 17.1 Å². The van der Waals surface area contributed by atoms with E-state index >= 15 is 0 Å². The van der Waals surface area contributed by atoms with Gasteiger partial charge in [-0.2, -0.15) is 0 Å². The van der Waals surface area contributed by atoms with E-state index in [0.29, 0.717) is 10.0 Å². The van der Waals surface area contributed by atoms with Gasteiger partial charge in [-0.05, 0) is 106 Å². The molecule has 0 aliphatic heterocycles. The molecule has 0 unspecified atom stereocenters. The molecule has 0 saturated heterocycles. The molecule has 38 heavy (non-hydrogen) atoms. The van der Waals surface area contributed by atoms with Crippen molar-refractivity contribution in [3.8, 4) is 0 Å². The molecule has 0 spiro atoms. The SMILES string of the molecule is CC(C)(C)c1ccc(N(c2ccc(C(C)(C)C)cc2)c2ccc3c(c2)Cc2c(ccc(Cl)c2Cl)CC3)cc1. The molecule has 196 valence electrons. The minimum atomic E-state index is 0.107. The van der Waals surface area contributed by atoms with Crippen molar-refractivity contribution in [2.75, 3.05) is 4.90 Å². The minimum Gasteiger partial charge on any atom is -0.310 e. The molecule has 0 aromatic heterocycles. The van der Waals surface area contributed by atoms with Crippen molar-refractivity contribution < 1.29 is 0 Å². The second-order valence-electron chi connectivity index (χ2n) is 12.6. The third-order valence-corrected chi connectivity index (χ3v) is 8.60. The molecule has 4 aromatic rings. The Kier molecular flexibility index (Phi) is 7.14. The smallest absolute Gasteiger partial charge is 0.0630 e. The summed E-state index contributed by atoms with van der Waals surface area (Å²) in [5.41, 5.74) is 11.5. The second-order valence-corrected chi connectivity index (χ2v) is 13.3. The number of halogens is 2. The number of benzene rings is 4. The number of hydrogen-bond acceptors (Lipinski definition) is 1. The zero-order valence-corrected chi connectivity index (χ0v) is 24.8. The molecule has 0 amide bonds. The number of nitrogens with zero attached hydrogens (tertiary/aromatic N) is 1. The summed E-state index contributed by atoms with van der Waals surface area (Å²) in [5, 5.41) is 1.32. The summed E-state index contributed by atoms with van der Waals surface area (Å²) in [5.74, 6) is 0. The van der Waals surface area contributed by atoms with Gasteiger partial charge < -0.3 is 4.90 Å². The van der Waals surface area contributed by atoms with Crippen LogP contribution in [0.5, 0.6) is 0 Å². The van der Waals surface area contributed by atoms with E-state index in [-0.39, 0.29) is 10.8 Å². The van der Waals surface area contributed by atoms with Crippen LogP contribution in [-0.4, -0.2) is 0 Å². The Morgan fingerprint density at radius 3 is 1.55 bits per heavy atom. The largest absolute Gasteiger partial charge is 0.310 e. The van der Waals surface area contributed by atoms with E-state index in [4.69, 9.17) is 23.2 Å². The maximum absolute atomic E-state index is 6.71. The molecule has 0 fully saturated rings. The van der Waals surface area contributed by atoms with Crippen LogP contribution in [-0.2, 0) is 30.1 Å². The van der Waals surface area contributed by atoms with Crippen molar-refractivity contribution in [1.82, 2.24) is 0 Å². The van der Waals surface area contributed by atoms with Crippen molar-refractivity contribution in [2.24, 2.45) is 0 Å². The Labute approximate surface area is 238 Å². The summed E-state index contributed by atoms with van der Waals surface area (Å²) in [6.07, 6.45) is 2.77. The quantitative estimate of drug-likeness (QED) is 0.249. The monoisotopic (exact) mass is 541 g/mol. The highest BCUT2D eigenvalue weighted by Crippen LogP contribution is 2.40. The zero-order valence-electron chi connectivity index (χ0n) is 23.3. The van der Waals surface area contributed by atoms with Crippen LogP contribution in [0.3, 0.4) is 0 Å². The van der Waals surface area contributed by atoms with Gasteiger partial charge >= 0.3 is 0 Å². The Morgan fingerprint density at radius 2 is 1.03 bits per heavy atom. The number of rotatable bonds is 3. The second kappa shape index (κ2) is 10.1. The standard InChI is InChI=1S/C35H37Cl2N/c1-34(2,3)26-11-16-28(17-12-26)38(29-18-13-27(14-19-29)35(4,5)6)30-15-9-23-7-8-24-10-20-32(36)33(37)31(24)22-25(23)21-30/h9-21H,7-8,22H2,1-6H3. The molecule has 0 N–H and O–H groups in total. The molecule has 0 bridgehead atoms. The van der Waals surface area contributed by atoms with Crippen molar-refractivity contribution in [1.29, 1.82) is 0 Å². The van der Waals surface area contributed by atoms with Gasteiger partial charge in [-0.3, -0.25) is 0 Å². The Hall–Kier alpha value is -2.74. The van der Waals surface area contributed by atoms with Crippen molar-refractivity contribution in [3.63, 3.8) is 0 Å². The molecule has 0 atom stereocenters. The lowest BCUT2D eigenvalue weighted by atomic mass is 9.86. The normalized spacial score (nSPS) is 13.5.